The van der Waals surface area contributed by atoms with Crippen LogP contribution >= 0.6 is 0 Å². The molecule has 0 fully saturated rings. The van der Waals surface area contributed by atoms with E-state index in [0.29, 0.717) is 17.5 Å². The van der Waals surface area contributed by atoms with Gasteiger partial charge in [-0.1, -0.05) is 103 Å². The molecule has 1 aromatic heterocycles. The Bertz CT molecular complexity index is 1420. The highest BCUT2D eigenvalue weighted by atomic mass is 15.0. The molecule has 0 bridgehead atoms. The molecule has 162 valence electrons. The highest BCUT2D eigenvalue weighted by molar-refractivity contribution is 5.83. The van der Waals surface area contributed by atoms with E-state index in [0.717, 1.165) is 46.3 Å². The quantitative estimate of drug-likeness (QED) is 0.298. The van der Waals surface area contributed by atoms with Crippen LogP contribution in [-0.4, -0.2) is 21.2 Å². The highest BCUT2D eigenvalue weighted by Crippen LogP contribution is 2.36. The standard InChI is InChI=1S/C30H22N4/c1-3-9-23(10-4-1)28-32-29(24-11-5-2-6-12-24)34-30(33-28)25-18-16-21(17-19-25)26-15-7-13-22-14-8-20-31-27(22)26/h1-7,9-13,15-20H,8,14H2. The second-order valence-corrected chi connectivity index (χ2v) is 8.28. The molecule has 0 saturated carbocycles. The van der Waals surface area contributed by atoms with Crippen molar-refractivity contribution in [3.05, 3.63) is 109 Å². The van der Waals surface area contributed by atoms with Gasteiger partial charge in [0.05, 0.1) is 5.69 Å². The molecule has 34 heavy (non-hydrogen) atoms. The van der Waals surface area contributed by atoms with Crippen LogP contribution < -0.4 is 0 Å². The van der Waals surface area contributed by atoms with Gasteiger partial charge in [-0.05, 0) is 24.0 Å². The van der Waals surface area contributed by atoms with E-state index < -0.39 is 0 Å². The number of fused-ring (bicyclic) bond motifs is 1. The molecular weight excluding hydrogens is 416 g/mol. The minimum atomic E-state index is 0.660. The van der Waals surface area contributed by atoms with Gasteiger partial charge in [-0.15, -0.1) is 0 Å². The number of benzene rings is 4. The minimum Gasteiger partial charge on any atom is -0.260 e. The fourth-order valence-electron chi connectivity index (χ4n) is 4.29. The lowest BCUT2D eigenvalue weighted by molar-refractivity contribution is 1.03. The predicted octanol–water partition coefficient (Wildman–Crippen LogP) is 7.19. The van der Waals surface area contributed by atoms with Gasteiger partial charge in [0.1, 0.15) is 0 Å². The van der Waals surface area contributed by atoms with Gasteiger partial charge in [-0.3, -0.25) is 4.99 Å². The lowest BCUT2D eigenvalue weighted by Gasteiger charge is -2.14. The zero-order chi connectivity index (χ0) is 22.7. The first-order valence-corrected chi connectivity index (χ1v) is 11.5. The van der Waals surface area contributed by atoms with E-state index in [9.17, 15) is 0 Å². The highest BCUT2D eigenvalue weighted by Gasteiger charge is 2.14. The SMILES string of the molecule is C1=Nc2c(cccc2-c2ccc(-c3nc(-c4ccccc4)nc(-c4ccccc4)n3)cc2)CC1. The number of rotatable bonds is 4. The molecule has 5 aromatic rings. The largest absolute Gasteiger partial charge is 0.260 e. The molecular formula is C30H22N4. The van der Waals surface area contributed by atoms with E-state index in [1.165, 1.54) is 5.56 Å². The molecule has 4 heteroatoms. The summed E-state index contributed by atoms with van der Waals surface area (Å²) in [6, 6.07) is 34.9. The van der Waals surface area contributed by atoms with Crippen molar-refractivity contribution in [3.8, 4) is 45.3 Å². The Kier molecular flexibility index (Phi) is 5.24. The molecule has 0 atom stereocenters. The van der Waals surface area contributed by atoms with E-state index >= 15 is 0 Å². The summed E-state index contributed by atoms with van der Waals surface area (Å²) in [5, 5.41) is 0. The first kappa shape index (κ1) is 20.2. The maximum absolute atomic E-state index is 4.83. The fourth-order valence-corrected chi connectivity index (χ4v) is 4.29. The number of aliphatic imine (C=N–C) groups is 1. The normalized spacial score (nSPS) is 12.4. The molecule has 0 radical (unpaired) electrons. The average molecular weight is 439 g/mol. The van der Waals surface area contributed by atoms with Crippen molar-refractivity contribution in [1.82, 2.24) is 15.0 Å². The molecule has 0 saturated heterocycles. The average Bonchev–Trinajstić information content (AvgIpc) is 2.93. The second-order valence-electron chi connectivity index (χ2n) is 8.28. The first-order valence-electron chi connectivity index (χ1n) is 11.5. The maximum atomic E-state index is 4.83. The Morgan fingerprint density at radius 1 is 0.471 bits per heavy atom. The number of hydrogen-bond acceptors (Lipinski definition) is 4. The third-order valence-corrected chi connectivity index (χ3v) is 6.04. The molecule has 6 rings (SSSR count). The molecule has 0 aliphatic carbocycles. The smallest absolute Gasteiger partial charge is 0.164 e. The van der Waals surface area contributed by atoms with Crippen LogP contribution in [-0.2, 0) is 6.42 Å². The van der Waals surface area contributed by atoms with Crippen LogP contribution in [0.4, 0.5) is 5.69 Å². The van der Waals surface area contributed by atoms with Crippen LogP contribution in [0.3, 0.4) is 0 Å². The monoisotopic (exact) mass is 438 g/mol. The van der Waals surface area contributed by atoms with Crippen molar-refractivity contribution >= 4 is 11.9 Å². The molecule has 0 unspecified atom stereocenters. The minimum absolute atomic E-state index is 0.660. The van der Waals surface area contributed by atoms with Crippen LogP contribution in [0.5, 0.6) is 0 Å². The van der Waals surface area contributed by atoms with Gasteiger partial charge >= 0.3 is 0 Å². The van der Waals surface area contributed by atoms with E-state index in [4.69, 9.17) is 15.0 Å². The molecule has 0 N–H and O–H groups in total. The summed E-state index contributed by atoms with van der Waals surface area (Å²) in [6.45, 7) is 0. The second kappa shape index (κ2) is 8.83. The topological polar surface area (TPSA) is 51.0 Å². The van der Waals surface area contributed by atoms with Crippen LogP contribution in [0.25, 0.3) is 45.3 Å². The molecule has 0 spiro atoms. The van der Waals surface area contributed by atoms with E-state index in [1.54, 1.807) is 0 Å². The van der Waals surface area contributed by atoms with Gasteiger partial charge in [-0.25, -0.2) is 15.0 Å². The summed E-state index contributed by atoms with van der Waals surface area (Å²) < 4.78 is 0. The third kappa shape index (κ3) is 3.90. The van der Waals surface area contributed by atoms with Gasteiger partial charge in [0.2, 0.25) is 0 Å². The van der Waals surface area contributed by atoms with E-state index in [1.807, 2.05) is 66.9 Å². The van der Waals surface area contributed by atoms with Gasteiger partial charge in [0, 0.05) is 28.5 Å². The van der Waals surface area contributed by atoms with Gasteiger partial charge < -0.3 is 0 Å². The fraction of sp³-hybridized carbons (Fsp3) is 0.0667. The van der Waals surface area contributed by atoms with Crippen LogP contribution in [0.15, 0.2) is 108 Å². The first-order chi connectivity index (χ1) is 16.8. The van der Waals surface area contributed by atoms with Crippen LogP contribution in [0.2, 0.25) is 0 Å². The summed E-state index contributed by atoms with van der Waals surface area (Å²) in [5.74, 6) is 1.99. The molecule has 2 heterocycles. The molecule has 1 aliphatic heterocycles. The van der Waals surface area contributed by atoms with Crippen molar-refractivity contribution in [2.24, 2.45) is 4.99 Å². The molecule has 4 nitrogen and oxygen atoms in total. The molecule has 1 aliphatic rings. The van der Waals surface area contributed by atoms with Crippen molar-refractivity contribution in [2.45, 2.75) is 12.8 Å². The number of para-hydroxylation sites is 1. The Balaban J connectivity index is 1.43. The van der Waals surface area contributed by atoms with Crippen molar-refractivity contribution < 1.29 is 0 Å². The van der Waals surface area contributed by atoms with E-state index in [2.05, 4.69) is 47.5 Å². The Morgan fingerprint density at radius 2 is 1.00 bits per heavy atom. The Morgan fingerprint density at radius 3 is 1.59 bits per heavy atom. The Labute approximate surface area is 198 Å². The van der Waals surface area contributed by atoms with Crippen molar-refractivity contribution in [3.63, 3.8) is 0 Å². The number of aromatic nitrogens is 3. The van der Waals surface area contributed by atoms with E-state index in [-0.39, 0.29) is 0 Å². The zero-order valence-electron chi connectivity index (χ0n) is 18.6. The van der Waals surface area contributed by atoms with Crippen LogP contribution in [0, 0.1) is 0 Å². The molecule has 4 aromatic carbocycles. The van der Waals surface area contributed by atoms with Crippen LogP contribution in [0.1, 0.15) is 12.0 Å². The number of nitrogens with zero attached hydrogens (tertiary/aromatic N) is 4. The maximum Gasteiger partial charge on any atom is 0.164 e. The predicted molar refractivity (Wildman–Crippen MR) is 138 cm³/mol. The van der Waals surface area contributed by atoms with Gasteiger partial charge in [0.25, 0.3) is 0 Å². The number of aryl methyl sites for hydroxylation is 1. The summed E-state index contributed by atoms with van der Waals surface area (Å²) in [7, 11) is 0. The van der Waals surface area contributed by atoms with Crippen molar-refractivity contribution in [1.29, 1.82) is 0 Å². The van der Waals surface area contributed by atoms with Gasteiger partial charge in [0.15, 0.2) is 17.5 Å². The summed E-state index contributed by atoms with van der Waals surface area (Å²) in [5.41, 5.74) is 7.57. The summed E-state index contributed by atoms with van der Waals surface area (Å²) in [4.78, 5) is 19.1. The third-order valence-electron chi connectivity index (χ3n) is 6.04. The lowest BCUT2D eigenvalue weighted by atomic mass is 9.96. The lowest BCUT2D eigenvalue weighted by Crippen LogP contribution is -2.00. The van der Waals surface area contributed by atoms with Gasteiger partial charge in [-0.2, -0.15) is 0 Å². The summed E-state index contributed by atoms with van der Waals surface area (Å²) >= 11 is 0. The molecule has 0 amide bonds. The number of hydrogen-bond donors (Lipinski definition) is 0. The Hall–Kier alpha value is -4.44. The summed E-state index contributed by atoms with van der Waals surface area (Å²) in [6.07, 6.45) is 4.06. The van der Waals surface area contributed by atoms with Crippen molar-refractivity contribution in [2.75, 3.05) is 0 Å². The zero-order valence-corrected chi connectivity index (χ0v) is 18.6.